The maximum Gasteiger partial charge on any atom is 0.000811 e. The lowest BCUT2D eigenvalue weighted by atomic mass is 9.49. The van der Waals surface area contributed by atoms with Gasteiger partial charge in [0.2, 0.25) is 0 Å². The van der Waals surface area contributed by atoms with E-state index in [1.165, 1.54) is 51.6 Å². The van der Waals surface area contributed by atoms with Crippen LogP contribution in [-0.2, 0) is 0 Å². The highest BCUT2D eigenvalue weighted by atomic mass is 14.9. The van der Waals surface area contributed by atoms with Gasteiger partial charge >= 0.3 is 0 Å². The fourth-order valence-electron chi connectivity index (χ4n) is 6.64. The molecule has 4 bridgehead atoms. The molecule has 5 aliphatic rings. The molecule has 0 aromatic carbocycles. The Morgan fingerprint density at radius 2 is 1.40 bits per heavy atom. The summed E-state index contributed by atoms with van der Waals surface area (Å²) in [6, 6.07) is 0. The highest BCUT2D eigenvalue weighted by Crippen LogP contribution is 2.59. The van der Waals surface area contributed by atoms with Gasteiger partial charge in [-0.2, -0.15) is 0 Å². The largest absolute Gasteiger partial charge is 0.316 e. The maximum absolute atomic E-state index is 3.89. The Kier molecular flexibility index (Phi) is 3.83. The molecule has 0 spiro atoms. The molecule has 5 fully saturated rings. The van der Waals surface area contributed by atoms with Crippen molar-refractivity contribution in [3.8, 4) is 0 Å². The molecule has 20 heavy (non-hydrogen) atoms. The molecule has 0 heterocycles. The molecule has 5 rings (SSSR count). The van der Waals surface area contributed by atoms with Gasteiger partial charge < -0.3 is 5.32 Å². The number of nitrogens with one attached hydrogen (secondary N) is 1. The van der Waals surface area contributed by atoms with Crippen molar-refractivity contribution in [2.45, 2.75) is 77.0 Å². The molecule has 0 saturated heterocycles. The summed E-state index contributed by atoms with van der Waals surface area (Å²) in [5.74, 6) is 4.39. The molecule has 1 N–H and O–H groups in total. The van der Waals surface area contributed by atoms with Crippen LogP contribution in [0, 0.1) is 29.1 Å². The molecule has 1 nitrogen and oxygen atoms in total. The van der Waals surface area contributed by atoms with Crippen molar-refractivity contribution >= 4 is 0 Å². The van der Waals surface area contributed by atoms with Crippen molar-refractivity contribution in [3.05, 3.63) is 0 Å². The minimum Gasteiger partial charge on any atom is -0.316 e. The van der Waals surface area contributed by atoms with E-state index in [0.717, 1.165) is 29.1 Å². The Morgan fingerprint density at radius 1 is 0.800 bits per heavy atom. The zero-order valence-corrected chi connectivity index (χ0v) is 13.2. The summed E-state index contributed by atoms with van der Waals surface area (Å²) in [5.41, 5.74) is 0.737. The van der Waals surface area contributed by atoms with Gasteiger partial charge in [-0.25, -0.2) is 0 Å². The van der Waals surface area contributed by atoms with Crippen LogP contribution >= 0.6 is 0 Å². The van der Waals surface area contributed by atoms with Crippen LogP contribution in [0.25, 0.3) is 0 Å². The van der Waals surface area contributed by atoms with Gasteiger partial charge in [-0.15, -0.1) is 0 Å². The molecule has 114 valence electrons. The van der Waals surface area contributed by atoms with Gasteiger partial charge in [-0.1, -0.05) is 32.1 Å². The third-order valence-electron chi connectivity index (χ3n) is 7.12. The van der Waals surface area contributed by atoms with Gasteiger partial charge in [0.1, 0.15) is 0 Å². The molecule has 0 aromatic heterocycles. The third kappa shape index (κ3) is 2.80. The molecule has 0 aliphatic heterocycles. The first-order valence-corrected chi connectivity index (χ1v) is 9.52. The summed E-state index contributed by atoms with van der Waals surface area (Å²) >= 11 is 0. The fraction of sp³-hybridized carbons (Fsp3) is 1.00. The molecule has 0 amide bonds. The fourth-order valence-corrected chi connectivity index (χ4v) is 6.64. The monoisotopic (exact) mass is 275 g/mol. The molecule has 1 heteroatoms. The van der Waals surface area contributed by atoms with Crippen LogP contribution in [-0.4, -0.2) is 13.1 Å². The molecule has 0 unspecified atom stereocenters. The molecule has 5 saturated carbocycles. The average molecular weight is 275 g/mol. The van der Waals surface area contributed by atoms with Crippen LogP contribution in [0.5, 0.6) is 0 Å². The average Bonchev–Trinajstić information content (AvgIpc) is 2.43. The van der Waals surface area contributed by atoms with Crippen molar-refractivity contribution in [1.29, 1.82) is 0 Å². The van der Waals surface area contributed by atoms with Crippen molar-refractivity contribution < 1.29 is 0 Å². The van der Waals surface area contributed by atoms with Crippen LogP contribution in [0.4, 0.5) is 0 Å². The molecule has 0 aromatic rings. The summed E-state index contributed by atoms with van der Waals surface area (Å²) in [6.45, 7) is 2.65. The Balaban J connectivity index is 1.23. The predicted molar refractivity (Wildman–Crippen MR) is 84.7 cm³/mol. The van der Waals surface area contributed by atoms with E-state index in [1.54, 1.807) is 38.5 Å². The lowest BCUT2D eigenvalue weighted by Gasteiger charge is -2.57. The smallest absolute Gasteiger partial charge is 0.000811 e. The molecule has 0 radical (unpaired) electrons. The van der Waals surface area contributed by atoms with E-state index in [4.69, 9.17) is 0 Å². The van der Waals surface area contributed by atoms with E-state index in [-0.39, 0.29) is 0 Å². The van der Waals surface area contributed by atoms with E-state index < -0.39 is 0 Å². The Hall–Kier alpha value is -0.0400. The number of hydrogen-bond donors (Lipinski definition) is 1. The van der Waals surface area contributed by atoms with Crippen molar-refractivity contribution in [3.63, 3.8) is 0 Å². The SMILES string of the molecule is C1CCC(CCNCC23CC4CC(CC(C4)C2)C3)CC1. The third-order valence-corrected chi connectivity index (χ3v) is 7.12. The molecule has 5 aliphatic carbocycles. The van der Waals surface area contributed by atoms with Crippen molar-refractivity contribution in [1.82, 2.24) is 5.32 Å². The summed E-state index contributed by atoms with van der Waals surface area (Å²) in [4.78, 5) is 0. The molecular formula is C19H33N. The second-order valence-corrected chi connectivity index (χ2v) is 8.89. The summed E-state index contributed by atoms with van der Waals surface area (Å²) in [6.07, 6.45) is 18.4. The maximum atomic E-state index is 3.89. The second-order valence-electron chi connectivity index (χ2n) is 8.89. The number of rotatable bonds is 5. The minimum atomic E-state index is 0.737. The van der Waals surface area contributed by atoms with Crippen molar-refractivity contribution in [2.24, 2.45) is 29.1 Å². The van der Waals surface area contributed by atoms with Crippen LogP contribution in [0.3, 0.4) is 0 Å². The van der Waals surface area contributed by atoms with E-state index in [2.05, 4.69) is 5.32 Å². The van der Waals surface area contributed by atoms with E-state index in [0.29, 0.717) is 0 Å². The lowest BCUT2D eigenvalue weighted by Crippen LogP contribution is -2.50. The van der Waals surface area contributed by atoms with Gasteiger partial charge in [0.25, 0.3) is 0 Å². The van der Waals surface area contributed by atoms with Gasteiger partial charge in [-0.05, 0) is 80.6 Å². The normalized spacial score (nSPS) is 44.1. The van der Waals surface area contributed by atoms with Crippen LogP contribution in [0.1, 0.15) is 77.0 Å². The van der Waals surface area contributed by atoms with E-state index >= 15 is 0 Å². The van der Waals surface area contributed by atoms with Gasteiger partial charge in [-0.3, -0.25) is 0 Å². The lowest BCUT2D eigenvalue weighted by molar-refractivity contribution is -0.0513. The zero-order valence-electron chi connectivity index (χ0n) is 13.2. The number of hydrogen-bond acceptors (Lipinski definition) is 1. The van der Waals surface area contributed by atoms with E-state index in [1.807, 2.05) is 0 Å². The molecular weight excluding hydrogens is 242 g/mol. The molecule has 0 atom stereocenters. The summed E-state index contributed by atoms with van der Waals surface area (Å²) < 4.78 is 0. The second kappa shape index (κ2) is 5.63. The first-order valence-electron chi connectivity index (χ1n) is 9.52. The van der Waals surface area contributed by atoms with E-state index in [9.17, 15) is 0 Å². The first-order chi connectivity index (χ1) is 9.81. The highest BCUT2D eigenvalue weighted by Gasteiger charge is 2.50. The standard InChI is InChI=1S/C19H33N/c1-2-4-15(5-3-1)6-7-20-14-19-11-16-8-17(12-19)10-18(9-16)13-19/h15-18,20H,1-14H2. The van der Waals surface area contributed by atoms with Gasteiger partial charge in [0.15, 0.2) is 0 Å². The van der Waals surface area contributed by atoms with Crippen molar-refractivity contribution in [2.75, 3.05) is 13.1 Å². The zero-order chi connectivity index (χ0) is 13.4. The van der Waals surface area contributed by atoms with Crippen LogP contribution in [0.2, 0.25) is 0 Å². The van der Waals surface area contributed by atoms with Gasteiger partial charge in [0, 0.05) is 6.54 Å². The first kappa shape index (κ1) is 13.6. The Morgan fingerprint density at radius 3 is 2.00 bits per heavy atom. The minimum absolute atomic E-state index is 0.737. The Labute approximate surface area is 125 Å². The summed E-state index contributed by atoms with van der Waals surface area (Å²) in [7, 11) is 0. The Bertz CT molecular complexity index is 293. The van der Waals surface area contributed by atoms with Gasteiger partial charge in [0.05, 0.1) is 0 Å². The topological polar surface area (TPSA) is 12.0 Å². The summed E-state index contributed by atoms with van der Waals surface area (Å²) in [5, 5.41) is 3.89. The van der Waals surface area contributed by atoms with Crippen LogP contribution in [0.15, 0.2) is 0 Å². The quantitative estimate of drug-likeness (QED) is 0.713. The van der Waals surface area contributed by atoms with Crippen LogP contribution < -0.4 is 5.32 Å². The highest BCUT2D eigenvalue weighted by molar-refractivity contribution is 5.02. The predicted octanol–water partition coefficient (Wildman–Crippen LogP) is 4.76.